The number of thiophene rings is 1. The predicted molar refractivity (Wildman–Crippen MR) is 138 cm³/mol. The molecular formula is C25H24ClN3O3S2. The fourth-order valence-electron chi connectivity index (χ4n) is 3.77. The van der Waals surface area contributed by atoms with Gasteiger partial charge < -0.3 is 11.1 Å². The number of anilines is 1. The molecule has 0 fully saturated rings. The lowest BCUT2D eigenvalue weighted by Crippen LogP contribution is -2.14. The third kappa shape index (κ3) is 5.64. The van der Waals surface area contributed by atoms with Crippen molar-refractivity contribution in [2.24, 2.45) is 0 Å². The van der Waals surface area contributed by atoms with Crippen LogP contribution >= 0.6 is 22.9 Å². The van der Waals surface area contributed by atoms with E-state index in [1.54, 1.807) is 30.5 Å². The third-order valence-electron chi connectivity index (χ3n) is 5.51. The number of hydrogen-bond donors (Lipinski definition) is 2. The van der Waals surface area contributed by atoms with E-state index < -0.39 is 9.84 Å². The summed E-state index contributed by atoms with van der Waals surface area (Å²) in [6.07, 6.45) is 3.86. The SMILES string of the molecule is CS(=O)(=O)c1ccccc1CNCc1sc(C(=O)CCc2ccc3c(N)nccc3c2)cc1Cl. The summed E-state index contributed by atoms with van der Waals surface area (Å²) in [4.78, 5) is 18.7. The highest BCUT2D eigenvalue weighted by molar-refractivity contribution is 7.90. The van der Waals surface area contributed by atoms with Gasteiger partial charge in [-0.05, 0) is 41.1 Å². The molecule has 0 saturated carbocycles. The van der Waals surface area contributed by atoms with Crippen LogP contribution in [0.3, 0.4) is 0 Å². The number of aryl methyl sites for hydroxylation is 1. The quantitative estimate of drug-likeness (QED) is 0.304. The Morgan fingerprint density at radius 2 is 1.91 bits per heavy atom. The molecule has 6 nitrogen and oxygen atoms in total. The van der Waals surface area contributed by atoms with Crippen LogP contribution in [-0.4, -0.2) is 25.4 Å². The number of pyridine rings is 1. The van der Waals surface area contributed by atoms with E-state index >= 15 is 0 Å². The normalized spacial score (nSPS) is 11.7. The number of nitrogens with zero attached hydrogens (tertiary/aromatic N) is 1. The molecule has 4 aromatic rings. The molecule has 0 spiro atoms. The first-order chi connectivity index (χ1) is 16.2. The molecule has 0 atom stereocenters. The van der Waals surface area contributed by atoms with E-state index in [4.69, 9.17) is 17.3 Å². The summed E-state index contributed by atoms with van der Waals surface area (Å²) in [7, 11) is -3.30. The molecule has 2 heterocycles. The fourth-order valence-corrected chi connectivity index (χ4v) is 6.06. The van der Waals surface area contributed by atoms with Gasteiger partial charge in [-0.3, -0.25) is 4.79 Å². The molecule has 0 aliphatic carbocycles. The van der Waals surface area contributed by atoms with Crippen LogP contribution in [0.1, 0.15) is 32.1 Å². The number of carbonyl (C=O) groups is 1. The monoisotopic (exact) mass is 513 g/mol. The summed E-state index contributed by atoms with van der Waals surface area (Å²) >= 11 is 7.74. The molecule has 0 aliphatic rings. The number of Topliss-reactive ketones (excluding diaryl/α,β-unsaturated/α-hetero) is 1. The van der Waals surface area contributed by atoms with Gasteiger partial charge in [-0.2, -0.15) is 0 Å². The highest BCUT2D eigenvalue weighted by Crippen LogP contribution is 2.29. The summed E-state index contributed by atoms with van der Waals surface area (Å²) in [6.45, 7) is 0.817. The lowest BCUT2D eigenvalue weighted by molar-refractivity contribution is 0.0986. The Morgan fingerprint density at radius 3 is 2.71 bits per heavy atom. The number of hydrogen-bond acceptors (Lipinski definition) is 7. The number of halogens is 1. The Labute approximate surface area is 207 Å². The van der Waals surface area contributed by atoms with Crippen LogP contribution in [0, 0.1) is 0 Å². The Balaban J connectivity index is 1.37. The van der Waals surface area contributed by atoms with Crippen LogP contribution in [0.25, 0.3) is 10.8 Å². The highest BCUT2D eigenvalue weighted by atomic mass is 35.5. The van der Waals surface area contributed by atoms with Gasteiger partial charge in [-0.15, -0.1) is 11.3 Å². The first kappa shape index (κ1) is 24.3. The van der Waals surface area contributed by atoms with Crippen molar-refractivity contribution in [2.75, 3.05) is 12.0 Å². The van der Waals surface area contributed by atoms with Crippen molar-refractivity contribution in [1.82, 2.24) is 10.3 Å². The summed E-state index contributed by atoms with van der Waals surface area (Å²) < 4.78 is 23.9. The van der Waals surface area contributed by atoms with E-state index in [0.717, 1.165) is 21.2 Å². The molecule has 2 aromatic heterocycles. The van der Waals surface area contributed by atoms with E-state index in [1.807, 2.05) is 30.3 Å². The third-order valence-corrected chi connectivity index (χ3v) is 8.33. The van der Waals surface area contributed by atoms with E-state index in [0.29, 0.717) is 52.1 Å². The molecule has 0 radical (unpaired) electrons. The zero-order chi connectivity index (χ0) is 24.3. The largest absolute Gasteiger partial charge is 0.383 e. The van der Waals surface area contributed by atoms with Gasteiger partial charge in [0.15, 0.2) is 15.6 Å². The first-order valence-electron chi connectivity index (χ1n) is 10.7. The van der Waals surface area contributed by atoms with Gasteiger partial charge in [0, 0.05) is 42.2 Å². The van der Waals surface area contributed by atoms with Crippen molar-refractivity contribution in [3.63, 3.8) is 0 Å². The molecule has 0 unspecified atom stereocenters. The summed E-state index contributed by atoms with van der Waals surface area (Å²) in [6, 6.07) is 16.5. The number of aromatic nitrogens is 1. The van der Waals surface area contributed by atoms with Crippen LogP contribution in [0.5, 0.6) is 0 Å². The fraction of sp³-hybridized carbons (Fsp3) is 0.200. The van der Waals surface area contributed by atoms with Gasteiger partial charge in [0.25, 0.3) is 0 Å². The minimum atomic E-state index is -3.30. The Hall–Kier alpha value is -2.78. The smallest absolute Gasteiger partial charge is 0.175 e. The first-order valence-corrected chi connectivity index (χ1v) is 13.7. The van der Waals surface area contributed by atoms with Crippen LogP contribution in [0.4, 0.5) is 5.82 Å². The van der Waals surface area contributed by atoms with Crippen molar-refractivity contribution in [3.05, 3.63) is 86.7 Å². The van der Waals surface area contributed by atoms with Crippen molar-refractivity contribution < 1.29 is 13.2 Å². The lowest BCUT2D eigenvalue weighted by atomic mass is 10.0. The van der Waals surface area contributed by atoms with E-state index in [9.17, 15) is 13.2 Å². The molecule has 0 aliphatic heterocycles. The highest BCUT2D eigenvalue weighted by Gasteiger charge is 2.15. The second-order valence-electron chi connectivity index (χ2n) is 8.04. The van der Waals surface area contributed by atoms with Crippen molar-refractivity contribution in [3.8, 4) is 0 Å². The average molecular weight is 514 g/mol. The Bertz CT molecular complexity index is 1470. The number of nitrogens with one attached hydrogen (secondary N) is 1. The predicted octanol–water partition coefficient (Wildman–Crippen LogP) is 5.04. The zero-order valence-electron chi connectivity index (χ0n) is 18.5. The number of sulfone groups is 1. The maximum absolute atomic E-state index is 12.8. The van der Waals surface area contributed by atoms with Gasteiger partial charge in [0.05, 0.1) is 14.8 Å². The second kappa shape index (κ2) is 10.2. The lowest BCUT2D eigenvalue weighted by Gasteiger charge is -2.08. The van der Waals surface area contributed by atoms with Crippen molar-refractivity contribution >= 4 is 55.1 Å². The molecule has 176 valence electrons. The number of rotatable bonds is 9. The van der Waals surface area contributed by atoms with E-state index in [-0.39, 0.29) is 5.78 Å². The molecule has 9 heteroatoms. The van der Waals surface area contributed by atoms with Gasteiger partial charge >= 0.3 is 0 Å². The maximum Gasteiger partial charge on any atom is 0.175 e. The van der Waals surface area contributed by atoms with Crippen molar-refractivity contribution in [2.45, 2.75) is 30.8 Å². The van der Waals surface area contributed by atoms with Gasteiger partial charge in [0.1, 0.15) is 5.82 Å². The van der Waals surface area contributed by atoms with Gasteiger partial charge in [-0.1, -0.05) is 48.0 Å². The number of carbonyl (C=O) groups excluding carboxylic acids is 1. The van der Waals surface area contributed by atoms with Crippen molar-refractivity contribution in [1.29, 1.82) is 0 Å². The Morgan fingerprint density at radius 1 is 1.12 bits per heavy atom. The summed E-state index contributed by atoms with van der Waals surface area (Å²) in [5, 5.41) is 5.68. The zero-order valence-corrected chi connectivity index (χ0v) is 20.9. The number of benzene rings is 2. The van der Waals surface area contributed by atoms with E-state index in [2.05, 4.69) is 10.3 Å². The Kier molecular flexibility index (Phi) is 7.33. The van der Waals surface area contributed by atoms with Crippen LogP contribution < -0.4 is 11.1 Å². The molecule has 0 amide bonds. The maximum atomic E-state index is 12.8. The molecule has 0 bridgehead atoms. The number of nitrogens with two attached hydrogens (primary N) is 1. The number of fused-ring (bicyclic) bond motifs is 1. The topological polar surface area (TPSA) is 102 Å². The molecule has 3 N–H and O–H groups in total. The van der Waals surface area contributed by atoms with Crippen LogP contribution in [-0.2, 0) is 29.3 Å². The van der Waals surface area contributed by atoms with Gasteiger partial charge in [0.2, 0.25) is 0 Å². The standard InChI is InChI=1S/C25H24ClN3O3S2/c1-34(31,32)24-5-3-2-4-18(24)14-28-15-23-20(26)13-22(33-23)21(30)9-7-16-6-8-19-17(12-16)10-11-29-25(19)27/h2-6,8,10-13,28H,7,9,14-15H2,1H3,(H2,27,29). The molecule has 34 heavy (non-hydrogen) atoms. The summed E-state index contributed by atoms with van der Waals surface area (Å²) in [5.74, 6) is 0.532. The number of nitrogen functional groups attached to an aromatic ring is 1. The van der Waals surface area contributed by atoms with E-state index in [1.165, 1.54) is 17.6 Å². The van der Waals surface area contributed by atoms with Gasteiger partial charge in [-0.25, -0.2) is 13.4 Å². The molecular weight excluding hydrogens is 490 g/mol. The minimum Gasteiger partial charge on any atom is -0.383 e. The van der Waals surface area contributed by atoms with Crippen LogP contribution in [0.2, 0.25) is 5.02 Å². The molecule has 2 aromatic carbocycles. The molecule has 4 rings (SSSR count). The average Bonchev–Trinajstić information content (AvgIpc) is 3.18. The summed E-state index contributed by atoms with van der Waals surface area (Å²) in [5.41, 5.74) is 7.66. The van der Waals surface area contributed by atoms with Crippen LogP contribution in [0.15, 0.2) is 65.7 Å². The minimum absolute atomic E-state index is 0.0370. The number of ketones is 1. The molecule has 0 saturated heterocycles. The second-order valence-corrected chi connectivity index (χ2v) is 11.6.